The van der Waals surface area contributed by atoms with Gasteiger partial charge in [-0.25, -0.2) is 4.79 Å². The van der Waals surface area contributed by atoms with Crippen LogP contribution < -0.4 is 5.32 Å². The third kappa shape index (κ3) is 5.14. The van der Waals surface area contributed by atoms with E-state index in [4.69, 9.17) is 0 Å². The molecule has 1 unspecified atom stereocenters. The number of ether oxygens (including phenoxy) is 1. The van der Waals surface area contributed by atoms with Crippen LogP contribution in [-0.2, 0) is 9.53 Å². The van der Waals surface area contributed by atoms with Crippen molar-refractivity contribution in [1.29, 1.82) is 0 Å². The van der Waals surface area contributed by atoms with Crippen molar-refractivity contribution in [1.82, 2.24) is 5.32 Å². The van der Waals surface area contributed by atoms with E-state index >= 15 is 0 Å². The van der Waals surface area contributed by atoms with Crippen LogP contribution in [0.4, 0.5) is 4.79 Å². The summed E-state index contributed by atoms with van der Waals surface area (Å²) < 4.78 is 4.67. The van der Waals surface area contributed by atoms with E-state index in [0.717, 1.165) is 0 Å². The topological polar surface area (TPSA) is 55.4 Å². The van der Waals surface area contributed by atoms with Crippen molar-refractivity contribution in [2.24, 2.45) is 0 Å². The summed E-state index contributed by atoms with van der Waals surface area (Å²) in [6, 6.07) is 0. The summed E-state index contributed by atoms with van der Waals surface area (Å²) >= 11 is 0. The first-order valence-corrected chi connectivity index (χ1v) is 3.21. The Bertz CT molecular complexity index is 156. The molecule has 0 aromatic rings. The van der Waals surface area contributed by atoms with Gasteiger partial charge in [0.05, 0.1) is 6.54 Å². The van der Waals surface area contributed by atoms with E-state index in [2.05, 4.69) is 16.6 Å². The van der Waals surface area contributed by atoms with Gasteiger partial charge in [-0.15, -0.1) is 0 Å². The minimum absolute atomic E-state index is 0.0251. The van der Waals surface area contributed by atoms with Gasteiger partial charge in [0.25, 0.3) is 0 Å². The molecule has 1 amide bonds. The lowest BCUT2D eigenvalue weighted by molar-refractivity contribution is -0.107. The maximum absolute atomic E-state index is 10.6. The highest BCUT2D eigenvalue weighted by Gasteiger charge is 2.03. The van der Waals surface area contributed by atoms with E-state index in [1.807, 2.05) is 0 Å². The number of hydrogen-bond acceptors (Lipinski definition) is 3. The lowest BCUT2D eigenvalue weighted by Crippen LogP contribution is -2.28. The number of amides is 1. The number of rotatable bonds is 4. The number of alkyl carbamates (subject to hydrolysis) is 1. The Morgan fingerprint density at radius 1 is 1.82 bits per heavy atom. The Kier molecular flexibility index (Phi) is 4.81. The number of carbonyl (C=O) groups excluding carboxylic acids is 2. The Morgan fingerprint density at radius 2 is 2.45 bits per heavy atom. The lowest BCUT2D eigenvalue weighted by atomic mass is 10.4. The van der Waals surface area contributed by atoms with E-state index < -0.39 is 6.09 Å². The minimum atomic E-state index is -0.607. The molecule has 0 spiro atoms. The smallest absolute Gasteiger partial charge is 0.408 e. The van der Waals surface area contributed by atoms with Gasteiger partial charge >= 0.3 is 6.09 Å². The fourth-order valence-corrected chi connectivity index (χ4v) is 0.384. The fraction of sp³-hybridized carbons (Fsp3) is 0.429. The predicted molar refractivity (Wildman–Crippen MR) is 40.2 cm³/mol. The number of carbonyl (C=O) groups is 2. The van der Waals surface area contributed by atoms with E-state index in [9.17, 15) is 9.59 Å². The molecule has 0 aromatic carbocycles. The second-order valence-corrected chi connectivity index (χ2v) is 1.89. The molecule has 62 valence electrons. The first-order chi connectivity index (χ1) is 5.20. The molecule has 1 atom stereocenters. The molecule has 0 saturated carbocycles. The molecule has 0 saturated heterocycles. The van der Waals surface area contributed by atoms with Crippen molar-refractivity contribution < 1.29 is 14.3 Å². The third-order valence-corrected chi connectivity index (χ3v) is 0.955. The van der Waals surface area contributed by atoms with Crippen LogP contribution in [0.3, 0.4) is 0 Å². The molecule has 0 heterocycles. The molecule has 0 fully saturated rings. The first kappa shape index (κ1) is 9.68. The van der Waals surface area contributed by atoms with E-state index in [1.165, 1.54) is 6.08 Å². The van der Waals surface area contributed by atoms with E-state index in [-0.39, 0.29) is 12.6 Å². The second kappa shape index (κ2) is 5.46. The molecule has 11 heavy (non-hydrogen) atoms. The number of nitrogens with one attached hydrogen (secondary N) is 1. The highest BCUT2D eigenvalue weighted by molar-refractivity contribution is 5.71. The van der Waals surface area contributed by atoms with Gasteiger partial charge in [0.15, 0.2) is 0 Å². The average molecular weight is 157 g/mol. The molecule has 0 aliphatic carbocycles. The van der Waals surface area contributed by atoms with E-state index in [0.29, 0.717) is 6.29 Å². The number of hydrogen-bond donors (Lipinski definition) is 1. The lowest BCUT2D eigenvalue weighted by Gasteiger charge is -2.07. The Hall–Kier alpha value is -1.32. The van der Waals surface area contributed by atoms with Crippen LogP contribution >= 0.6 is 0 Å². The van der Waals surface area contributed by atoms with Crippen molar-refractivity contribution >= 4 is 12.4 Å². The Labute approximate surface area is 65.2 Å². The standard InChI is InChI=1S/C7H11NO3/c1-3-6(2)11-7(10)8-4-5-9/h3,5-6H,1,4H2,2H3,(H,8,10). The van der Waals surface area contributed by atoms with Crippen LogP contribution in [0.25, 0.3) is 0 Å². The zero-order valence-electron chi connectivity index (χ0n) is 6.37. The Morgan fingerprint density at radius 3 is 2.91 bits per heavy atom. The van der Waals surface area contributed by atoms with Gasteiger partial charge in [-0.2, -0.15) is 0 Å². The second-order valence-electron chi connectivity index (χ2n) is 1.89. The van der Waals surface area contributed by atoms with E-state index in [1.54, 1.807) is 6.92 Å². The molecule has 0 bridgehead atoms. The third-order valence-electron chi connectivity index (χ3n) is 0.955. The molecule has 0 aliphatic rings. The largest absolute Gasteiger partial charge is 0.442 e. The summed E-state index contributed by atoms with van der Waals surface area (Å²) in [6.07, 6.45) is 1.13. The van der Waals surface area contributed by atoms with Gasteiger partial charge in [-0.3, -0.25) is 0 Å². The molecular formula is C7H11NO3. The summed E-state index contributed by atoms with van der Waals surface area (Å²) in [5.74, 6) is 0. The highest BCUT2D eigenvalue weighted by atomic mass is 16.6. The van der Waals surface area contributed by atoms with Gasteiger partial charge in [0.1, 0.15) is 12.4 Å². The molecule has 4 heteroatoms. The SMILES string of the molecule is C=CC(C)OC(=O)NCC=O. The maximum atomic E-state index is 10.6. The molecule has 0 aliphatic heterocycles. The quantitative estimate of drug-likeness (QED) is 0.477. The normalized spacial score (nSPS) is 11.4. The van der Waals surface area contributed by atoms with Gasteiger partial charge in [-0.1, -0.05) is 12.7 Å². The molecule has 0 radical (unpaired) electrons. The summed E-state index contributed by atoms with van der Waals surface area (Å²) in [4.78, 5) is 20.4. The zero-order chi connectivity index (χ0) is 8.69. The van der Waals surface area contributed by atoms with Gasteiger partial charge in [0.2, 0.25) is 0 Å². The van der Waals surface area contributed by atoms with Crippen LogP contribution in [-0.4, -0.2) is 25.0 Å². The van der Waals surface area contributed by atoms with Crippen LogP contribution in [0.15, 0.2) is 12.7 Å². The summed E-state index contributed by atoms with van der Waals surface area (Å²) in [6.45, 7) is 5.07. The highest BCUT2D eigenvalue weighted by Crippen LogP contribution is 1.90. The molecule has 4 nitrogen and oxygen atoms in total. The van der Waals surface area contributed by atoms with Crippen LogP contribution in [0.1, 0.15) is 6.92 Å². The maximum Gasteiger partial charge on any atom is 0.408 e. The summed E-state index contributed by atoms with van der Waals surface area (Å²) in [5.41, 5.74) is 0. The van der Waals surface area contributed by atoms with Crippen molar-refractivity contribution in [3.8, 4) is 0 Å². The van der Waals surface area contributed by atoms with Gasteiger partial charge in [-0.05, 0) is 6.92 Å². The minimum Gasteiger partial charge on any atom is -0.442 e. The van der Waals surface area contributed by atoms with Crippen LogP contribution in [0, 0.1) is 0 Å². The fourth-order valence-electron chi connectivity index (χ4n) is 0.384. The van der Waals surface area contributed by atoms with Crippen LogP contribution in [0.5, 0.6) is 0 Å². The predicted octanol–water partition coefficient (Wildman–Crippen LogP) is 0.486. The summed E-state index contributed by atoms with van der Waals surface area (Å²) in [5, 5.41) is 2.22. The molecule has 0 rings (SSSR count). The van der Waals surface area contributed by atoms with Crippen molar-refractivity contribution in [2.75, 3.05) is 6.54 Å². The Balaban J connectivity index is 3.51. The first-order valence-electron chi connectivity index (χ1n) is 3.21. The van der Waals surface area contributed by atoms with Crippen molar-refractivity contribution in [3.63, 3.8) is 0 Å². The molecule has 1 N–H and O–H groups in total. The monoisotopic (exact) mass is 157 g/mol. The summed E-state index contributed by atoms with van der Waals surface area (Å²) in [7, 11) is 0. The zero-order valence-corrected chi connectivity index (χ0v) is 6.37. The van der Waals surface area contributed by atoms with Crippen LogP contribution in [0.2, 0.25) is 0 Å². The van der Waals surface area contributed by atoms with Gasteiger partial charge < -0.3 is 14.8 Å². The molecule has 0 aromatic heterocycles. The molecular weight excluding hydrogens is 146 g/mol. The average Bonchev–Trinajstić information content (AvgIpc) is 2.00. The van der Waals surface area contributed by atoms with Gasteiger partial charge in [0, 0.05) is 0 Å². The van der Waals surface area contributed by atoms with Crippen molar-refractivity contribution in [3.05, 3.63) is 12.7 Å². The number of aldehydes is 1. The van der Waals surface area contributed by atoms with Crippen molar-refractivity contribution in [2.45, 2.75) is 13.0 Å².